The lowest BCUT2D eigenvalue weighted by Crippen LogP contribution is -2.32. The Balaban J connectivity index is 1.62. The van der Waals surface area contributed by atoms with Crippen molar-refractivity contribution in [1.82, 2.24) is 5.32 Å². The Kier molecular flexibility index (Phi) is 6.54. The van der Waals surface area contributed by atoms with Crippen molar-refractivity contribution in [2.24, 2.45) is 0 Å². The first kappa shape index (κ1) is 19.8. The molecular formula is C20H18F2N2O3S. The smallest absolute Gasteiger partial charge is 0.261 e. The summed E-state index contributed by atoms with van der Waals surface area (Å²) in [5.74, 6) is -1.62. The van der Waals surface area contributed by atoms with E-state index < -0.39 is 11.6 Å². The van der Waals surface area contributed by atoms with Gasteiger partial charge in [-0.1, -0.05) is 6.07 Å². The van der Waals surface area contributed by atoms with Gasteiger partial charge in [0.05, 0.1) is 23.4 Å². The molecule has 0 unspecified atom stereocenters. The monoisotopic (exact) mass is 404 g/mol. The maximum absolute atomic E-state index is 14.2. The number of nitrogens with zero attached hydrogens (tertiary/aromatic N) is 1. The largest absolute Gasteiger partial charge is 0.467 e. The molecule has 0 fully saturated rings. The Morgan fingerprint density at radius 1 is 1.14 bits per heavy atom. The second-order valence-electron chi connectivity index (χ2n) is 5.99. The lowest BCUT2D eigenvalue weighted by molar-refractivity contribution is -0.118. The number of rotatable bonds is 8. The molecule has 2 amide bonds. The quantitative estimate of drug-likeness (QED) is 0.568. The van der Waals surface area contributed by atoms with Gasteiger partial charge in [0.25, 0.3) is 5.91 Å². The summed E-state index contributed by atoms with van der Waals surface area (Å²) < 4.78 is 32.7. The van der Waals surface area contributed by atoms with Crippen LogP contribution >= 0.6 is 11.3 Å². The summed E-state index contributed by atoms with van der Waals surface area (Å²) >= 11 is 1.33. The molecule has 0 radical (unpaired) electrons. The van der Waals surface area contributed by atoms with E-state index in [1.807, 2.05) is 5.38 Å². The van der Waals surface area contributed by atoms with Gasteiger partial charge in [-0.05, 0) is 42.1 Å². The molecule has 146 valence electrons. The van der Waals surface area contributed by atoms with Crippen LogP contribution in [0.3, 0.4) is 0 Å². The maximum atomic E-state index is 14.2. The first-order valence-electron chi connectivity index (χ1n) is 8.64. The van der Waals surface area contributed by atoms with Gasteiger partial charge in [0.15, 0.2) is 0 Å². The van der Waals surface area contributed by atoms with Crippen LogP contribution in [-0.2, 0) is 11.3 Å². The first-order chi connectivity index (χ1) is 13.5. The summed E-state index contributed by atoms with van der Waals surface area (Å²) in [6, 6.07) is 9.90. The summed E-state index contributed by atoms with van der Waals surface area (Å²) in [6.45, 7) is 0.332. The number of anilines is 1. The molecule has 3 rings (SSSR count). The molecule has 0 saturated carbocycles. The van der Waals surface area contributed by atoms with Crippen LogP contribution in [0.5, 0.6) is 0 Å². The maximum Gasteiger partial charge on any atom is 0.261 e. The van der Waals surface area contributed by atoms with Gasteiger partial charge < -0.3 is 14.6 Å². The molecule has 5 nitrogen and oxygen atoms in total. The number of amides is 2. The van der Waals surface area contributed by atoms with Crippen molar-refractivity contribution in [1.29, 1.82) is 0 Å². The Bertz CT molecular complexity index is 927. The molecule has 0 bridgehead atoms. The average molecular weight is 404 g/mol. The second-order valence-corrected chi connectivity index (χ2v) is 6.94. The number of furan rings is 1. The zero-order chi connectivity index (χ0) is 19.9. The van der Waals surface area contributed by atoms with Gasteiger partial charge in [-0.3, -0.25) is 9.59 Å². The van der Waals surface area contributed by atoms with Crippen molar-refractivity contribution in [2.75, 3.05) is 11.4 Å². The van der Waals surface area contributed by atoms with E-state index in [1.165, 1.54) is 28.6 Å². The van der Waals surface area contributed by atoms with Crippen LogP contribution in [0.25, 0.3) is 0 Å². The molecule has 2 heterocycles. The zero-order valence-corrected chi connectivity index (χ0v) is 15.7. The third-order valence-corrected chi connectivity index (χ3v) is 4.86. The van der Waals surface area contributed by atoms with E-state index in [4.69, 9.17) is 4.42 Å². The highest BCUT2D eigenvalue weighted by Crippen LogP contribution is 2.23. The summed E-state index contributed by atoms with van der Waals surface area (Å²) in [6.07, 6.45) is 1.93. The Labute approximate surface area is 164 Å². The van der Waals surface area contributed by atoms with Crippen molar-refractivity contribution in [3.05, 3.63) is 76.4 Å². The summed E-state index contributed by atoms with van der Waals surface area (Å²) in [7, 11) is 0. The lowest BCUT2D eigenvalue weighted by Gasteiger charge is -2.22. The molecule has 28 heavy (non-hydrogen) atoms. The Hall–Kier alpha value is -3.00. The molecule has 0 spiro atoms. The lowest BCUT2D eigenvalue weighted by atomic mass is 10.2. The molecule has 0 saturated heterocycles. The normalized spacial score (nSPS) is 10.6. The number of hydrogen-bond donors (Lipinski definition) is 1. The molecule has 0 aliphatic carbocycles. The van der Waals surface area contributed by atoms with Crippen LogP contribution in [0, 0.1) is 11.6 Å². The molecule has 1 aromatic carbocycles. The number of benzene rings is 1. The molecule has 2 aromatic heterocycles. The molecule has 8 heteroatoms. The highest BCUT2D eigenvalue weighted by molar-refractivity contribution is 7.12. The van der Waals surface area contributed by atoms with E-state index in [1.54, 1.807) is 24.3 Å². The van der Waals surface area contributed by atoms with E-state index in [9.17, 15) is 18.4 Å². The highest BCUT2D eigenvalue weighted by atomic mass is 32.1. The first-order valence-corrected chi connectivity index (χ1v) is 9.52. The van der Waals surface area contributed by atoms with E-state index in [-0.39, 0.29) is 30.5 Å². The highest BCUT2D eigenvalue weighted by Gasteiger charge is 2.21. The van der Waals surface area contributed by atoms with Crippen LogP contribution < -0.4 is 10.2 Å². The fraction of sp³-hybridized carbons (Fsp3) is 0.200. The van der Waals surface area contributed by atoms with Crippen LogP contribution in [0.2, 0.25) is 0 Å². The second kappa shape index (κ2) is 9.27. The van der Waals surface area contributed by atoms with Crippen LogP contribution in [0.1, 0.15) is 28.3 Å². The van der Waals surface area contributed by atoms with E-state index >= 15 is 0 Å². The molecule has 0 aliphatic heterocycles. The predicted molar refractivity (Wildman–Crippen MR) is 102 cm³/mol. The number of thiophene rings is 1. The summed E-state index contributed by atoms with van der Waals surface area (Å²) in [5, 5.41) is 4.55. The van der Waals surface area contributed by atoms with Gasteiger partial charge in [0, 0.05) is 19.0 Å². The summed E-state index contributed by atoms with van der Waals surface area (Å²) in [5.41, 5.74) is -0.0228. The van der Waals surface area contributed by atoms with Gasteiger partial charge >= 0.3 is 0 Å². The SMILES string of the molecule is O=C(NCCCC(=O)N(Cc1ccco1)c1ccc(F)cc1F)c1cccs1. The van der Waals surface area contributed by atoms with Gasteiger partial charge in [-0.2, -0.15) is 0 Å². The van der Waals surface area contributed by atoms with Crippen molar-refractivity contribution in [3.63, 3.8) is 0 Å². The molecular weight excluding hydrogens is 386 g/mol. The van der Waals surface area contributed by atoms with Crippen molar-refractivity contribution in [3.8, 4) is 0 Å². The molecule has 0 aliphatic rings. The van der Waals surface area contributed by atoms with Crippen LogP contribution in [-0.4, -0.2) is 18.4 Å². The number of carbonyl (C=O) groups excluding carboxylic acids is 2. The van der Waals surface area contributed by atoms with Gasteiger partial charge in [-0.25, -0.2) is 8.78 Å². The van der Waals surface area contributed by atoms with Gasteiger partial charge in [-0.15, -0.1) is 11.3 Å². The van der Waals surface area contributed by atoms with E-state index in [0.29, 0.717) is 23.6 Å². The predicted octanol–water partition coefficient (Wildman–Crippen LogP) is 4.36. The Morgan fingerprint density at radius 2 is 2.00 bits per heavy atom. The Morgan fingerprint density at radius 3 is 2.68 bits per heavy atom. The van der Waals surface area contributed by atoms with Crippen molar-refractivity contribution >= 4 is 28.8 Å². The standard InChI is InChI=1S/C20H18F2N2O3S/c21-14-7-8-17(16(22)12-14)24(13-15-4-2-10-27-15)19(25)6-1-9-23-20(26)18-5-3-11-28-18/h2-5,7-8,10-12H,1,6,9,13H2,(H,23,26). The molecule has 3 aromatic rings. The van der Waals surface area contributed by atoms with Crippen molar-refractivity contribution in [2.45, 2.75) is 19.4 Å². The van der Waals surface area contributed by atoms with Crippen molar-refractivity contribution < 1.29 is 22.8 Å². The number of hydrogen-bond acceptors (Lipinski definition) is 4. The zero-order valence-electron chi connectivity index (χ0n) is 14.9. The minimum atomic E-state index is -0.828. The van der Waals surface area contributed by atoms with Crippen LogP contribution in [0.4, 0.5) is 14.5 Å². The average Bonchev–Trinajstić information content (AvgIpc) is 3.37. The fourth-order valence-electron chi connectivity index (χ4n) is 2.64. The third-order valence-electron chi connectivity index (χ3n) is 3.99. The third kappa shape index (κ3) is 5.04. The van der Waals surface area contributed by atoms with Gasteiger partial charge in [0.1, 0.15) is 17.4 Å². The minimum Gasteiger partial charge on any atom is -0.467 e. The van der Waals surface area contributed by atoms with E-state index in [0.717, 1.165) is 12.1 Å². The van der Waals surface area contributed by atoms with Gasteiger partial charge in [0.2, 0.25) is 5.91 Å². The number of nitrogens with one attached hydrogen (secondary N) is 1. The van der Waals surface area contributed by atoms with E-state index in [2.05, 4.69) is 5.32 Å². The topological polar surface area (TPSA) is 62.6 Å². The fourth-order valence-corrected chi connectivity index (χ4v) is 3.28. The number of carbonyl (C=O) groups is 2. The molecule has 0 atom stereocenters. The minimum absolute atomic E-state index is 0.0228. The van der Waals surface area contributed by atoms with Crippen LogP contribution in [0.15, 0.2) is 58.5 Å². The number of halogens is 2. The molecule has 1 N–H and O–H groups in total. The summed E-state index contributed by atoms with van der Waals surface area (Å²) in [4.78, 5) is 26.4.